The first-order valence-electron chi connectivity index (χ1n) is 5.56. The van der Waals surface area contributed by atoms with Crippen molar-refractivity contribution < 1.29 is 9.59 Å². The van der Waals surface area contributed by atoms with E-state index >= 15 is 0 Å². The highest BCUT2D eigenvalue weighted by Crippen LogP contribution is 2.37. The molecule has 2 rings (SSSR count). The van der Waals surface area contributed by atoms with E-state index in [0.717, 1.165) is 5.56 Å². The van der Waals surface area contributed by atoms with Gasteiger partial charge >= 0.3 is 0 Å². The highest BCUT2D eigenvalue weighted by molar-refractivity contribution is 6.23. The first-order valence-corrected chi connectivity index (χ1v) is 5.56. The molecular weight excluding hydrogens is 216 g/mol. The molecule has 1 fully saturated rings. The van der Waals surface area contributed by atoms with Crippen molar-refractivity contribution in [3.8, 4) is 0 Å². The molecule has 0 saturated carbocycles. The number of imide groups is 1. The van der Waals surface area contributed by atoms with Gasteiger partial charge in [-0.15, -0.1) is 0 Å². The molecule has 90 valence electrons. The summed E-state index contributed by atoms with van der Waals surface area (Å²) >= 11 is 0. The normalized spacial score (nSPS) is 18.9. The van der Waals surface area contributed by atoms with E-state index in [2.05, 4.69) is 0 Å². The predicted molar refractivity (Wildman–Crippen MR) is 66.5 cm³/mol. The Bertz CT molecular complexity index is 506. The highest BCUT2D eigenvalue weighted by Gasteiger charge is 2.45. The molecule has 1 saturated heterocycles. The Morgan fingerprint density at radius 2 is 1.94 bits per heavy atom. The Balaban J connectivity index is 2.51. The number of carbonyl (C=O) groups excluding carboxylic acids is 2. The van der Waals surface area contributed by atoms with E-state index in [9.17, 15) is 9.59 Å². The maximum Gasteiger partial charge on any atom is 0.240 e. The van der Waals surface area contributed by atoms with E-state index in [0.29, 0.717) is 11.4 Å². The lowest BCUT2D eigenvalue weighted by Gasteiger charge is -2.19. The fraction of sp³-hybridized carbons (Fsp3) is 0.385. The van der Waals surface area contributed by atoms with Crippen LogP contribution < -0.4 is 10.6 Å². The molecule has 0 bridgehead atoms. The minimum Gasteiger partial charge on any atom is -0.397 e. The summed E-state index contributed by atoms with van der Waals surface area (Å²) in [4.78, 5) is 25.3. The number of amides is 2. The zero-order chi connectivity index (χ0) is 12.8. The summed E-state index contributed by atoms with van der Waals surface area (Å²) in [6, 6.07) is 5.35. The third-order valence-electron chi connectivity index (χ3n) is 3.05. The van der Waals surface area contributed by atoms with Crippen LogP contribution in [0.1, 0.15) is 25.8 Å². The first kappa shape index (κ1) is 11.6. The van der Waals surface area contributed by atoms with E-state index in [1.807, 2.05) is 13.0 Å². The number of hydrogen-bond donors (Lipinski definition) is 1. The molecule has 1 aromatic carbocycles. The number of benzene rings is 1. The van der Waals surface area contributed by atoms with Gasteiger partial charge < -0.3 is 5.73 Å². The summed E-state index contributed by atoms with van der Waals surface area (Å²) in [5.41, 5.74) is 7.14. The standard InChI is InChI=1S/C13H16N2O2/c1-8-4-5-9(14)10(6-8)15-11(16)7-13(2,3)12(15)17/h4-6H,7,14H2,1-3H3. The van der Waals surface area contributed by atoms with Gasteiger partial charge in [-0.25, -0.2) is 4.90 Å². The second kappa shape index (κ2) is 3.58. The number of nitrogens with zero attached hydrogens (tertiary/aromatic N) is 1. The second-order valence-corrected chi connectivity index (χ2v) is 5.16. The van der Waals surface area contributed by atoms with Crippen LogP contribution in [0.2, 0.25) is 0 Å². The van der Waals surface area contributed by atoms with Gasteiger partial charge in [0.1, 0.15) is 0 Å². The van der Waals surface area contributed by atoms with Crippen molar-refractivity contribution in [3.63, 3.8) is 0 Å². The number of nitrogens with two attached hydrogens (primary N) is 1. The van der Waals surface area contributed by atoms with Gasteiger partial charge in [-0.3, -0.25) is 9.59 Å². The molecule has 0 unspecified atom stereocenters. The topological polar surface area (TPSA) is 63.4 Å². The van der Waals surface area contributed by atoms with E-state index in [-0.39, 0.29) is 18.2 Å². The van der Waals surface area contributed by atoms with Gasteiger partial charge in [-0.1, -0.05) is 19.9 Å². The molecule has 1 aromatic rings. The third kappa shape index (κ3) is 1.79. The molecule has 4 heteroatoms. The average Bonchev–Trinajstić information content (AvgIpc) is 2.41. The van der Waals surface area contributed by atoms with Crippen molar-refractivity contribution in [2.75, 3.05) is 10.6 Å². The van der Waals surface area contributed by atoms with Crippen LogP contribution in [0.15, 0.2) is 18.2 Å². The highest BCUT2D eigenvalue weighted by atomic mass is 16.2. The van der Waals surface area contributed by atoms with Crippen molar-refractivity contribution in [2.24, 2.45) is 5.41 Å². The Morgan fingerprint density at radius 3 is 2.47 bits per heavy atom. The van der Waals surface area contributed by atoms with Gasteiger partial charge in [0.2, 0.25) is 11.8 Å². The molecular formula is C13H16N2O2. The van der Waals surface area contributed by atoms with Crippen LogP contribution in [0.3, 0.4) is 0 Å². The molecule has 1 heterocycles. The van der Waals surface area contributed by atoms with Crippen LogP contribution in [0.25, 0.3) is 0 Å². The monoisotopic (exact) mass is 232 g/mol. The molecule has 1 aliphatic rings. The number of nitrogen functional groups attached to an aromatic ring is 1. The minimum atomic E-state index is -0.632. The van der Waals surface area contributed by atoms with Crippen LogP contribution >= 0.6 is 0 Å². The van der Waals surface area contributed by atoms with Crippen LogP contribution in [-0.4, -0.2) is 11.8 Å². The zero-order valence-electron chi connectivity index (χ0n) is 10.3. The van der Waals surface area contributed by atoms with Crippen molar-refractivity contribution in [1.29, 1.82) is 0 Å². The Labute approximate surface area is 100 Å². The molecule has 0 atom stereocenters. The number of aryl methyl sites for hydroxylation is 1. The lowest BCUT2D eigenvalue weighted by Crippen LogP contribution is -2.33. The number of carbonyl (C=O) groups is 2. The lowest BCUT2D eigenvalue weighted by atomic mass is 9.92. The summed E-state index contributed by atoms with van der Waals surface area (Å²) in [5, 5.41) is 0. The second-order valence-electron chi connectivity index (χ2n) is 5.16. The molecule has 0 aromatic heterocycles. The maximum atomic E-state index is 12.2. The van der Waals surface area contributed by atoms with E-state index in [1.165, 1.54) is 4.90 Å². The molecule has 17 heavy (non-hydrogen) atoms. The van der Waals surface area contributed by atoms with Crippen LogP contribution in [0.4, 0.5) is 11.4 Å². The van der Waals surface area contributed by atoms with Crippen LogP contribution in [-0.2, 0) is 9.59 Å². The van der Waals surface area contributed by atoms with Gasteiger partial charge in [0, 0.05) is 6.42 Å². The Kier molecular flexibility index (Phi) is 2.45. The molecule has 2 amide bonds. The van der Waals surface area contributed by atoms with E-state index < -0.39 is 5.41 Å². The third-order valence-corrected chi connectivity index (χ3v) is 3.05. The predicted octanol–water partition coefficient (Wildman–Crippen LogP) is 1.87. The Morgan fingerprint density at radius 1 is 1.29 bits per heavy atom. The van der Waals surface area contributed by atoms with Gasteiger partial charge in [0.05, 0.1) is 16.8 Å². The quantitative estimate of drug-likeness (QED) is 0.594. The van der Waals surface area contributed by atoms with Crippen molar-refractivity contribution in [1.82, 2.24) is 0 Å². The molecule has 2 N–H and O–H groups in total. The number of anilines is 2. The first-order chi connectivity index (χ1) is 7.83. The van der Waals surface area contributed by atoms with Crippen molar-refractivity contribution >= 4 is 23.2 Å². The summed E-state index contributed by atoms with van der Waals surface area (Å²) in [6.45, 7) is 5.46. The van der Waals surface area contributed by atoms with Crippen LogP contribution in [0, 0.1) is 12.3 Å². The fourth-order valence-electron chi connectivity index (χ4n) is 2.04. The lowest BCUT2D eigenvalue weighted by molar-refractivity contribution is -0.124. The molecule has 1 aliphatic heterocycles. The minimum absolute atomic E-state index is 0.181. The van der Waals surface area contributed by atoms with Crippen molar-refractivity contribution in [2.45, 2.75) is 27.2 Å². The van der Waals surface area contributed by atoms with E-state index in [1.54, 1.807) is 26.0 Å². The van der Waals surface area contributed by atoms with Crippen molar-refractivity contribution in [3.05, 3.63) is 23.8 Å². The fourth-order valence-corrected chi connectivity index (χ4v) is 2.04. The Hall–Kier alpha value is -1.84. The summed E-state index contributed by atoms with van der Waals surface area (Å²) < 4.78 is 0. The van der Waals surface area contributed by atoms with E-state index in [4.69, 9.17) is 5.73 Å². The summed E-state index contributed by atoms with van der Waals surface area (Å²) in [6.07, 6.45) is 0.235. The smallest absolute Gasteiger partial charge is 0.240 e. The maximum absolute atomic E-state index is 12.2. The van der Waals surface area contributed by atoms with Crippen LogP contribution in [0.5, 0.6) is 0 Å². The number of hydrogen-bond acceptors (Lipinski definition) is 3. The molecule has 0 spiro atoms. The zero-order valence-corrected chi connectivity index (χ0v) is 10.3. The van der Waals surface area contributed by atoms with Gasteiger partial charge in [-0.2, -0.15) is 0 Å². The number of rotatable bonds is 1. The average molecular weight is 232 g/mol. The van der Waals surface area contributed by atoms with Gasteiger partial charge in [0.15, 0.2) is 0 Å². The molecule has 0 radical (unpaired) electrons. The summed E-state index contributed by atoms with van der Waals surface area (Å²) in [7, 11) is 0. The van der Waals surface area contributed by atoms with Gasteiger partial charge in [-0.05, 0) is 24.6 Å². The van der Waals surface area contributed by atoms with Gasteiger partial charge in [0.25, 0.3) is 0 Å². The summed E-state index contributed by atoms with van der Waals surface area (Å²) in [5.74, 6) is -0.364. The SMILES string of the molecule is Cc1ccc(N)c(N2C(=O)CC(C)(C)C2=O)c1. The molecule has 0 aliphatic carbocycles. The molecule has 4 nitrogen and oxygen atoms in total. The largest absolute Gasteiger partial charge is 0.397 e.